The van der Waals surface area contributed by atoms with Crippen molar-refractivity contribution in [3.8, 4) is 11.8 Å². The highest BCUT2D eigenvalue weighted by atomic mass is 35.5. The molecule has 26 heavy (non-hydrogen) atoms. The molecule has 0 aromatic heterocycles. The van der Waals surface area contributed by atoms with Crippen LogP contribution in [0.1, 0.15) is 16.7 Å². The van der Waals surface area contributed by atoms with Crippen LogP contribution in [-0.4, -0.2) is 0 Å². The van der Waals surface area contributed by atoms with Crippen molar-refractivity contribution in [3.63, 3.8) is 0 Å². The fourth-order valence-electron chi connectivity index (χ4n) is 2.50. The summed E-state index contributed by atoms with van der Waals surface area (Å²) < 4.78 is 5.94. The van der Waals surface area contributed by atoms with E-state index in [-0.39, 0.29) is 0 Å². The second-order valence-corrected chi connectivity index (χ2v) is 6.51. The van der Waals surface area contributed by atoms with Crippen LogP contribution in [0.25, 0.3) is 11.6 Å². The lowest BCUT2D eigenvalue weighted by Gasteiger charge is -2.11. The zero-order chi connectivity index (χ0) is 18.4. The molecule has 0 atom stereocenters. The largest absolute Gasteiger partial charge is 0.488 e. The molecular weight excluding hydrogens is 365 g/mol. The molecule has 0 spiro atoms. The Bertz CT molecular complexity index is 975. The zero-order valence-electron chi connectivity index (χ0n) is 13.8. The van der Waals surface area contributed by atoms with E-state index in [0.29, 0.717) is 28.0 Å². The number of hydrogen-bond acceptors (Lipinski definition) is 2. The number of rotatable bonds is 5. The van der Waals surface area contributed by atoms with E-state index in [9.17, 15) is 5.26 Å². The number of nitriles is 1. The predicted octanol–water partition coefficient (Wildman–Crippen LogP) is 6.64. The van der Waals surface area contributed by atoms with Crippen LogP contribution in [0.2, 0.25) is 10.0 Å². The SMILES string of the molecule is N#C/C(=C\c1cc(Cl)ccc1OCc1cccc(Cl)c1)c1ccccc1. The molecule has 0 unspecified atom stereocenters. The Morgan fingerprint density at radius 3 is 2.42 bits per heavy atom. The molecule has 0 amide bonds. The first kappa shape index (κ1) is 18.1. The van der Waals surface area contributed by atoms with Crippen molar-refractivity contribution >= 4 is 34.9 Å². The molecule has 3 rings (SSSR count). The van der Waals surface area contributed by atoms with Crippen LogP contribution in [0.4, 0.5) is 0 Å². The highest BCUT2D eigenvalue weighted by Crippen LogP contribution is 2.28. The number of halogens is 2. The van der Waals surface area contributed by atoms with E-state index in [0.717, 1.165) is 16.7 Å². The van der Waals surface area contributed by atoms with Gasteiger partial charge in [-0.15, -0.1) is 0 Å². The Morgan fingerprint density at radius 2 is 1.69 bits per heavy atom. The summed E-state index contributed by atoms with van der Waals surface area (Å²) in [6.45, 7) is 0.371. The van der Waals surface area contributed by atoms with Gasteiger partial charge in [0.25, 0.3) is 0 Å². The van der Waals surface area contributed by atoms with Crippen molar-refractivity contribution < 1.29 is 4.74 Å². The van der Waals surface area contributed by atoms with Crippen LogP contribution in [0.15, 0.2) is 72.8 Å². The maximum Gasteiger partial charge on any atom is 0.127 e. The first-order chi connectivity index (χ1) is 12.7. The molecule has 0 radical (unpaired) electrons. The second-order valence-electron chi connectivity index (χ2n) is 5.64. The summed E-state index contributed by atoms with van der Waals surface area (Å²) in [7, 11) is 0. The minimum Gasteiger partial charge on any atom is -0.488 e. The van der Waals surface area contributed by atoms with Crippen molar-refractivity contribution in [1.82, 2.24) is 0 Å². The van der Waals surface area contributed by atoms with E-state index >= 15 is 0 Å². The van der Waals surface area contributed by atoms with Crippen LogP contribution in [0.3, 0.4) is 0 Å². The normalized spacial score (nSPS) is 11.0. The first-order valence-corrected chi connectivity index (χ1v) is 8.75. The molecule has 3 aromatic rings. The van der Waals surface area contributed by atoms with E-state index < -0.39 is 0 Å². The topological polar surface area (TPSA) is 33.0 Å². The van der Waals surface area contributed by atoms with Crippen LogP contribution < -0.4 is 4.74 Å². The van der Waals surface area contributed by atoms with E-state index in [4.69, 9.17) is 27.9 Å². The van der Waals surface area contributed by atoms with Crippen LogP contribution in [0.5, 0.6) is 5.75 Å². The van der Waals surface area contributed by atoms with E-state index in [1.165, 1.54) is 0 Å². The summed E-state index contributed by atoms with van der Waals surface area (Å²) in [6.07, 6.45) is 1.79. The quantitative estimate of drug-likeness (QED) is 0.367. The number of hydrogen-bond donors (Lipinski definition) is 0. The second kappa shape index (κ2) is 8.58. The molecule has 4 heteroatoms. The third-order valence-electron chi connectivity index (χ3n) is 3.76. The lowest BCUT2D eigenvalue weighted by molar-refractivity contribution is 0.305. The van der Waals surface area contributed by atoms with Crippen molar-refractivity contribution in [2.24, 2.45) is 0 Å². The minimum absolute atomic E-state index is 0.371. The Hall–Kier alpha value is -2.73. The summed E-state index contributed by atoms with van der Waals surface area (Å²) in [5.74, 6) is 0.651. The van der Waals surface area contributed by atoms with Crippen LogP contribution in [-0.2, 0) is 6.61 Å². The van der Waals surface area contributed by atoms with Gasteiger partial charge < -0.3 is 4.74 Å². The average molecular weight is 380 g/mol. The van der Waals surface area contributed by atoms with Gasteiger partial charge in [-0.25, -0.2) is 0 Å². The summed E-state index contributed by atoms with van der Waals surface area (Å²) in [5, 5.41) is 10.8. The number of allylic oxidation sites excluding steroid dienone is 1. The van der Waals surface area contributed by atoms with E-state index in [2.05, 4.69) is 6.07 Å². The summed E-state index contributed by atoms with van der Waals surface area (Å²) in [4.78, 5) is 0. The lowest BCUT2D eigenvalue weighted by atomic mass is 10.0. The van der Waals surface area contributed by atoms with E-state index in [1.807, 2.05) is 54.6 Å². The van der Waals surface area contributed by atoms with Gasteiger partial charge in [0.05, 0.1) is 11.6 Å². The molecule has 0 heterocycles. The Kier molecular flexibility index (Phi) is 5.96. The van der Waals surface area contributed by atoms with Crippen molar-refractivity contribution in [2.45, 2.75) is 6.61 Å². The number of benzene rings is 3. The molecule has 0 aliphatic heterocycles. The smallest absolute Gasteiger partial charge is 0.127 e. The molecule has 0 aliphatic carbocycles. The highest BCUT2D eigenvalue weighted by Gasteiger charge is 2.07. The Morgan fingerprint density at radius 1 is 0.923 bits per heavy atom. The van der Waals surface area contributed by atoms with Gasteiger partial charge in [-0.2, -0.15) is 5.26 Å². The lowest BCUT2D eigenvalue weighted by Crippen LogP contribution is -1.97. The standard InChI is InChI=1S/C22H15Cl2NO/c23-20-8-4-5-16(11-20)15-26-22-10-9-21(24)13-18(22)12-19(14-25)17-6-2-1-3-7-17/h1-13H,15H2/b19-12+. The fraction of sp³-hybridized carbons (Fsp3) is 0.0455. The molecule has 0 saturated heterocycles. The monoisotopic (exact) mass is 379 g/mol. The third kappa shape index (κ3) is 4.67. The predicted molar refractivity (Wildman–Crippen MR) is 107 cm³/mol. The molecule has 0 fully saturated rings. The van der Waals surface area contributed by atoms with Crippen molar-refractivity contribution in [2.75, 3.05) is 0 Å². The maximum absolute atomic E-state index is 9.53. The van der Waals surface area contributed by atoms with Gasteiger partial charge in [0.15, 0.2) is 0 Å². The number of ether oxygens (including phenoxy) is 1. The molecule has 0 saturated carbocycles. The maximum atomic E-state index is 9.53. The van der Waals surface area contributed by atoms with Crippen molar-refractivity contribution in [1.29, 1.82) is 5.26 Å². The molecule has 0 aliphatic rings. The Balaban J connectivity index is 1.91. The summed E-state index contributed by atoms with van der Waals surface area (Å²) in [5.41, 5.74) is 3.10. The summed E-state index contributed by atoms with van der Waals surface area (Å²) in [6, 6.07) is 24.6. The molecule has 0 N–H and O–H groups in total. The molecule has 0 bridgehead atoms. The molecule has 3 aromatic carbocycles. The summed E-state index contributed by atoms with van der Waals surface area (Å²) >= 11 is 12.2. The molecule has 128 valence electrons. The number of nitrogens with zero attached hydrogens (tertiary/aromatic N) is 1. The molecule has 2 nitrogen and oxygen atoms in total. The van der Waals surface area contributed by atoms with Gasteiger partial charge in [-0.1, -0.05) is 65.7 Å². The average Bonchev–Trinajstić information content (AvgIpc) is 2.66. The van der Waals surface area contributed by atoms with Gasteiger partial charge in [-0.3, -0.25) is 0 Å². The van der Waals surface area contributed by atoms with Crippen LogP contribution in [0, 0.1) is 11.3 Å². The zero-order valence-corrected chi connectivity index (χ0v) is 15.3. The highest BCUT2D eigenvalue weighted by molar-refractivity contribution is 6.31. The Labute approximate surface area is 162 Å². The molecular formula is C22H15Cl2NO. The first-order valence-electron chi connectivity index (χ1n) is 8.00. The van der Waals surface area contributed by atoms with Gasteiger partial charge in [0.2, 0.25) is 0 Å². The van der Waals surface area contributed by atoms with Crippen LogP contribution >= 0.6 is 23.2 Å². The van der Waals surface area contributed by atoms with Gasteiger partial charge in [-0.05, 0) is 47.5 Å². The van der Waals surface area contributed by atoms with E-state index in [1.54, 1.807) is 24.3 Å². The third-order valence-corrected chi connectivity index (χ3v) is 4.23. The fourth-order valence-corrected chi connectivity index (χ4v) is 2.90. The minimum atomic E-state index is 0.371. The van der Waals surface area contributed by atoms with Gasteiger partial charge in [0.1, 0.15) is 12.4 Å². The van der Waals surface area contributed by atoms with Crippen molar-refractivity contribution in [3.05, 3.63) is 99.5 Å². The van der Waals surface area contributed by atoms with Gasteiger partial charge >= 0.3 is 0 Å². The van der Waals surface area contributed by atoms with Gasteiger partial charge in [0, 0.05) is 15.6 Å².